The van der Waals surface area contributed by atoms with Crippen molar-refractivity contribution in [2.75, 3.05) is 19.4 Å². The highest BCUT2D eigenvalue weighted by molar-refractivity contribution is 7.18. The van der Waals surface area contributed by atoms with Gasteiger partial charge in [-0.05, 0) is 51.7 Å². The lowest BCUT2D eigenvalue weighted by Crippen LogP contribution is -2.33. The molecule has 0 unspecified atom stereocenters. The van der Waals surface area contributed by atoms with Crippen molar-refractivity contribution in [2.45, 2.75) is 33.1 Å². The van der Waals surface area contributed by atoms with E-state index in [0.29, 0.717) is 22.6 Å². The van der Waals surface area contributed by atoms with Gasteiger partial charge >= 0.3 is 6.18 Å². The number of carbonyl (C=O) groups is 1. The number of amides is 1. The van der Waals surface area contributed by atoms with Gasteiger partial charge < -0.3 is 10.2 Å². The van der Waals surface area contributed by atoms with Gasteiger partial charge in [0.25, 0.3) is 5.56 Å². The molecule has 0 aliphatic rings. The van der Waals surface area contributed by atoms with Crippen LogP contribution in [0.15, 0.2) is 29.1 Å². The summed E-state index contributed by atoms with van der Waals surface area (Å²) in [5, 5.41) is 2.91. The first-order valence-electron chi connectivity index (χ1n) is 9.08. The number of halogens is 3. The number of benzene rings is 1. The number of carbonyl (C=O) groups excluding carboxylic acids is 1. The average Bonchev–Trinajstić information content (AvgIpc) is 2.91. The van der Waals surface area contributed by atoms with Crippen LogP contribution in [0.2, 0.25) is 0 Å². The molecule has 0 atom stereocenters. The molecule has 3 aromatic rings. The SMILES string of the molecule is Cc1sc2nc(CN(C)C)n(CC(=O)Nc3cccc(C(F)(F)F)c3)c(=O)c2c1C. The van der Waals surface area contributed by atoms with Crippen LogP contribution in [0.25, 0.3) is 10.2 Å². The molecular weight excluding hydrogens is 417 g/mol. The summed E-state index contributed by atoms with van der Waals surface area (Å²) < 4.78 is 40.0. The minimum atomic E-state index is -4.51. The number of hydrogen-bond acceptors (Lipinski definition) is 5. The second kappa shape index (κ2) is 8.19. The van der Waals surface area contributed by atoms with Crippen molar-refractivity contribution in [3.63, 3.8) is 0 Å². The lowest BCUT2D eigenvalue weighted by molar-refractivity contribution is -0.137. The van der Waals surface area contributed by atoms with E-state index in [0.717, 1.165) is 22.6 Å². The van der Waals surface area contributed by atoms with Crippen LogP contribution in [0.4, 0.5) is 18.9 Å². The molecule has 1 amide bonds. The maximum absolute atomic E-state index is 13.1. The number of alkyl halides is 3. The zero-order valence-electron chi connectivity index (χ0n) is 16.9. The fourth-order valence-corrected chi connectivity index (χ4v) is 4.09. The maximum Gasteiger partial charge on any atom is 0.416 e. The molecule has 6 nitrogen and oxygen atoms in total. The number of thiophene rings is 1. The van der Waals surface area contributed by atoms with Gasteiger partial charge in [0, 0.05) is 10.6 Å². The molecule has 0 saturated heterocycles. The van der Waals surface area contributed by atoms with E-state index in [2.05, 4.69) is 10.3 Å². The Morgan fingerprint density at radius 3 is 2.60 bits per heavy atom. The number of anilines is 1. The first-order chi connectivity index (χ1) is 14.0. The van der Waals surface area contributed by atoms with Gasteiger partial charge in [-0.3, -0.25) is 14.2 Å². The zero-order chi connectivity index (χ0) is 22.2. The molecule has 0 aliphatic heterocycles. The van der Waals surface area contributed by atoms with Gasteiger partial charge in [0.1, 0.15) is 17.2 Å². The van der Waals surface area contributed by atoms with Crippen LogP contribution in [-0.4, -0.2) is 34.5 Å². The van der Waals surface area contributed by atoms with Crippen LogP contribution in [0, 0.1) is 13.8 Å². The van der Waals surface area contributed by atoms with E-state index >= 15 is 0 Å². The number of hydrogen-bond donors (Lipinski definition) is 1. The Labute approximate surface area is 175 Å². The van der Waals surface area contributed by atoms with E-state index in [-0.39, 0.29) is 17.8 Å². The molecule has 10 heteroatoms. The predicted molar refractivity (Wildman–Crippen MR) is 111 cm³/mol. The molecule has 2 heterocycles. The van der Waals surface area contributed by atoms with Crippen molar-refractivity contribution in [1.82, 2.24) is 14.5 Å². The molecule has 1 aromatic carbocycles. The number of fused-ring (bicyclic) bond motifs is 1. The summed E-state index contributed by atoms with van der Waals surface area (Å²) >= 11 is 1.42. The summed E-state index contributed by atoms with van der Waals surface area (Å²) in [4.78, 5) is 33.7. The second-order valence-electron chi connectivity index (χ2n) is 7.25. The maximum atomic E-state index is 13.1. The van der Waals surface area contributed by atoms with Crippen molar-refractivity contribution < 1.29 is 18.0 Å². The normalized spacial score (nSPS) is 12.0. The quantitative estimate of drug-likeness (QED) is 0.658. The van der Waals surface area contributed by atoms with E-state index < -0.39 is 17.6 Å². The Kier molecular flexibility index (Phi) is 6.00. The molecule has 0 radical (unpaired) electrons. The molecule has 160 valence electrons. The first-order valence-corrected chi connectivity index (χ1v) is 9.90. The van der Waals surface area contributed by atoms with Crippen LogP contribution in [0.3, 0.4) is 0 Å². The summed E-state index contributed by atoms with van der Waals surface area (Å²) in [6.07, 6.45) is -4.51. The van der Waals surface area contributed by atoms with Crippen molar-refractivity contribution in [3.8, 4) is 0 Å². The topological polar surface area (TPSA) is 67.2 Å². The Morgan fingerprint density at radius 1 is 1.27 bits per heavy atom. The second-order valence-corrected chi connectivity index (χ2v) is 8.45. The van der Waals surface area contributed by atoms with Gasteiger partial charge in [0.2, 0.25) is 5.91 Å². The van der Waals surface area contributed by atoms with E-state index in [1.807, 2.05) is 32.8 Å². The number of rotatable bonds is 5. The Bertz CT molecular complexity index is 1170. The van der Waals surface area contributed by atoms with Crippen molar-refractivity contribution in [3.05, 3.63) is 56.4 Å². The fourth-order valence-electron chi connectivity index (χ4n) is 3.05. The van der Waals surface area contributed by atoms with E-state index in [4.69, 9.17) is 0 Å². The van der Waals surface area contributed by atoms with E-state index in [9.17, 15) is 22.8 Å². The van der Waals surface area contributed by atoms with Gasteiger partial charge in [-0.15, -0.1) is 11.3 Å². The summed E-state index contributed by atoms with van der Waals surface area (Å²) in [6.45, 7) is 3.71. The highest BCUT2D eigenvalue weighted by Crippen LogP contribution is 2.30. The van der Waals surface area contributed by atoms with Gasteiger partial charge in [-0.1, -0.05) is 6.07 Å². The Morgan fingerprint density at radius 2 is 1.97 bits per heavy atom. The number of nitrogens with one attached hydrogen (secondary N) is 1. The van der Waals surface area contributed by atoms with Gasteiger partial charge in [0.05, 0.1) is 17.5 Å². The third kappa shape index (κ3) is 4.54. The largest absolute Gasteiger partial charge is 0.416 e. The molecule has 3 rings (SSSR count). The smallest absolute Gasteiger partial charge is 0.325 e. The molecule has 0 fully saturated rings. The van der Waals surface area contributed by atoms with Crippen LogP contribution >= 0.6 is 11.3 Å². The molecule has 1 N–H and O–H groups in total. The Balaban J connectivity index is 1.96. The van der Waals surface area contributed by atoms with Crippen LogP contribution in [0.5, 0.6) is 0 Å². The third-order valence-corrected chi connectivity index (χ3v) is 5.70. The van der Waals surface area contributed by atoms with Crippen molar-refractivity contribution in [1.29, 1.82) is 0 Å². The number of nitrogens with zero attached hydrogens (tertiary/aromatic N) is 3. The fraction of sp³-hybridized carbons (Fsp3) is 0.350. The minimum Gasteiger partial charge on any atom is -0.325 e. The van der Waals surface area contributed by atoms with Gasteiger partial charge in [-0.2, -0.15) is 13.2 Å². The highest BCUT2D eigenvalue weighted by Gasteiger charge is 2.30. The molecular formula is C20H21F3N4O2S. The monoisotopic (exact) mass is 438 g/mol. The summed E-state index contributed by atoms with van der Waals surface area (Å²) in [7, 11) is 3.63. The summed E-state index contributed by atoms with van der Waals surface area (Å²) in [5.74, 6) is -0.194. The zero-order valence-corrected chi connectivity index (χ0v) is 17.7. The van der Waals surface area contributed by atoms with Gasteiger partial charge in [0.15, 0.2) is 0 Å². The summed E-state index contributed by atoms with van der Waals surface area (Å²) in [6, 6.07) is 4.36. The number of aryl methyl sites for hydroxylation is 2. The van der Waals surface area contributed by atoms with Crippen LogP contribution in [-0.2, 0) is 24.1 Å². The molecule has 0 bridgehead atoms. The molecule has 0 spiro atoms. The van der Waals surface area contributed by atoms with Crippen LogP contribution < -0.4 is 10.9 Å². The first kappa shape index (κ1) is 22.0. The molecule has 2 aromatic heterocycles. The number of aromatic nitrogens is 2. The average molecular weight is 438 g/mol. The van der Waals surface area contributed by atoms with E-state index in [1.54, 1.807) is 0 Å². The van der Waals surface area contributed by atoms with Crippen molar-refractivity contribution in [2.24, 2.45) is 0 Å². The van der Waals surface area contributed by atoms with Gasteiger partial charge in [-0.25, -0.2) is 4.98 Å². The third-order valence-electron chi connectivity index (χ3n) is 4.60. The lowest BCUT2D eigenvalue weighted by Gasteiger charge is -2.16. The van der Waals surface area contributed by atoms with E-state index in [1.165, 1.54) is 28.0 Å². The lowest BCUT2D eigenvalue weighted by atomic mass is 10.2. The predicted octanol–water partition coefficient (Wildman–Crippen LogP) is 3.79. The Hall–Kier alpha value is -2.72. The summed E-state index contributed by atoms with van der Waals surface area (Å²) in [5.41, 5.74) is -0.374. The standard InChI is InChI=1S/C20H21F3N4O2S/c1-11-12(2)30-18-17(11)19(29)27(15(25-18)9-26(3)4)10-16(28)24-14-7-5-6-13(8-14)20(21,22)23/h5-8H,9-10H2,1-4H3,(H,24,28). The van der Waals surface area contributed by atoms with Crippen molar-refractivity contribution >= 4 is 33.1 Å². The van der Waals surface area contributed by atoms with Crippen LogP contribution in [0.1, 0.15) is 21.8 Å². The molecule has 0 aliphatic carbocycles. The molecule has 30 heavy (non-hydrogen) atoms. The molecule has 0 saturated carbocycles. The minimum absolute atomic E-state index is 0.00799. The highest BCUT2D eigenvalue weighted by atomic mass is 32.1.